The zero-order valence-electron chi connectivity index (χ0n) is 11.3. The van der Waals surface area contributed by atoms with Crippen molar-refractivity contribution in [3.05, 3.63) is 24.3 Å². The quantitative estimate of drug-likeness (QED) is 0.819. The molecule has 1 amide bonds. The summed E-state index contributed by atoms with van der Waals surface area (Å²) in [6.07, 6.45) is -3.86. The lowest BCUT2D eigenvalue weighted by Crippen LogP contribution is -2.22. The summed E-state index contributed by atoms with van der Waals surface area (Å²) >= 11 is 0. The number of para-hydroxylation sites is 2. The van der Waals surface area contributed by atoms with E-state index in [2.05, 4.69) is 10.1 Å². The van der Waals surface area contributed by atoms with Gasteiger partial charge < -0.3 is 15.0 Å². The highest BCUT2D eigenvalue weighted by molar-refractivity contribution is 5.75. The van der Waals surface area contributed by atoms with Crippen molar-refractivity contribution >= 4 is 11.6 Å². The number of benzene rings is 1. The molecule has 0 saturated carbocycles. The van der Waals surface area contributed by atoms with E-state index >= 15 is 0 Å². The van der Waals surface area contributed by atoms with Crippen LogP contribution >= 0.6 is 0 Å². The van der Waals surface area contributed by atoms with Crippen LogP contribution in [0.4, 0.5) is 18.9 Å². The van der Waals surface area contributed by atoms with Gasteiger partial charge in [0.25, 0.3) is 0 Å². The Kier molecular flexibility index (Phi) is 5.66. The summed E-state index contributed by atoms with van der Waals surface area (Å²) in [5.74, 6) is -0.300. The molecule has 0 radical (unpaired) electrons. The predicted molar refractivity (Wildman–Crippen MR) is 69.5 cm³/mol. The molecule has 0 fully saturated rings. The minimum atomic E-state index is -4.72. The number of halogens is 3. The van der Waals surface area contributed by atoms with E-state index in [-0.39, 0.29) is 17.3 Å². The van der Waals surface area contributed by atoms with Gasteiger partial charge in [0, 0.05) is 27.1 Å². The van der Waals surface area contributed by atoms with Gasteiger partial charge in [0.1, 0.15) is 0 Å². The Labute approximate surface area is 115 Å². The van der Waals surface area contributed by atoms with Crippen LogP contribution in [0.2, 0.25) is 0 Å². The number of nitrogens with one attached hydrogen (secondary N) is 1. The van der Waals surface area contributed by atoms with Gasteiger partial charge in [-0.05, 0) is 18.6 Å². The van der Waals surface area contributed by atoms with Gasteiger partial charge >= 0.3 is 6.36 Å². The molecule has 0 heterocycles. The topological polar surface area (TPSA) is 41.6 Å². The molecule has 0 spiro atoms. The van der Waals surface area contributed by atoms with Crippen LogP contribution in [0, 0.1) is 0 Å². The van der Waals surface area contributed by atoms with Crippen molar-refractivity contribution in [3.8, 4) is 5.75 Å². The number of alkyl halides is 3. The summed E-state index contributed by atoms with van der Waals surface area (Å²) in [4.78, 5) is 12.8. The Bertz CT molecular complexity index is 447. The van der Waals surface area contributed by atoms with Crippen molar-refractivity contribution in [2.75, 3.05) is 26.0 Å². The Morgan fingerprint density at radius 2 is 1.95 bits per heavy atom. The highest BCUT2D eigenvalue weighted by atomic mass is 19.4. The van der Waals surface area contributed by atoms with Crippen LogP contribution in [0.15, 0.2) is 24.3 Å². The standard InChI is InChI=1S/C13H17F3N2O2/c1-18(2)12(19)8-5-9-17-10-6-3-4-7-11(10)20-13(14,15)16/h3-4,6-7,17H,5,8-9H2,1-2H3. The first-order chi connectivity index (χ1) is 9.29. The summed E-state index contributed by atoms with van der Waals surface area (Å²) in [7, 11) is 3.31. The van der Waals surface area contributed by atoms with Crippen molar-refractivity contribution in [1.82, 2.24) is 4.90 Å². The van der Waals surface area contributed by atoms with E-state index in [4.69, 9.17) is 0 Å². The smallest absolute Gasteiger partial charge is 0.404 e. The number of hydrogen-bond donors (Lipinski definition) is 1. The monoisotopic (exact) mass is 290 g/mol. The van der Waals surface area contributed by atoms with Gasteiger partial charge in [0.2, 0.25) is 5.91 Å². The maximum Gasteiger partial charge on any atom is 0.573 e. The van der Waals surface area contributed by atoms with Gasteiger partial charge in [0.05, 0.1) is 5.69 Å². The molecule has 1 aromatic rings. The van der Waals surface area contributed by atoms with Crippen LogP contribution in [0.3, 0.4) is 0 Å². The molecule has 1 aromatic carbocycles. The van der Waals surface area contributed by atoms with Gasteiger partial charge in [-0.15, -0.1) is 13.2 Å². The lowest BCUT2D eigenvalue weighted by Gasteiger charge is -2.15. The van der Waals surface area contributed by atoms with Gasteiger partial charge in [-0.3, -0.25) is 4.79 Å². The van der Waals surface area contributed by atoms with Crippen LogP contribution in [0.25, 0.3) is 0 Å². The van der Waals surface area contributed by atoms with E-state index in [1.807, 2.05) is 0 Å². The summed E-state index contributed by atoms with van der Waals surface area (Å²) in [5.41, 5.74) is 0.252. The molecule has 0 aliphatic carbocycles. The molecule has 20 heavy (non-hydrogen) atoms. The molecule has 0 unspecified atom stereocenters. The highest BCUT2D eigenvalue weighted by Crippen LogP contribution is 2.29. The first-order valence-electron chi connectivity index (χ1n) is 6.08. The van der Waals surface area contributed by atoms with Crippen LogP contribution < -0.4 is 10.1 Å². The summed E-state index contributed by atoms with van der Waals surface area (Å²) in [6, 6.07) is 5.80. The molecule has 112 valence electrons. The second kappa shape index (κ2) is 7.02. The van der Waals surface area contributed by atoms with E-state index in [1.54, 1.807) is 20.2 Å². The Hall–Kier alpha value is -1.92. The first kappa shape index (κ1) is 16.1. The van der Waals surface area contributed by atoms with E-state index in [0.29, 0.717) is 19.4 Å². The molecule has 1 rings (SSSR count). The summed E-state index contributed by atoms with van der Waals surface area (Å²) in [5, 5.41) is 2.83. The van der Waals surface area contributed by atoms with Crippen LogP contribution in [0.5, 0.6) is 5.75 Å². The number of ether oxygens (including phenoxy) is 1. The molecule has 7 heteroatoms. The van der Waals surface area contributed by atoms with Crippen molar-refractivity contribution in [2.45, 2.75) is 19.2 Å². The van der Waals surface area contributed by atoms with E-state index in [9.17, 15) is 18.0 Å². The Morgan fingerprint density at radius 1 is 1.30 bits per heavy atom. The van der Waals surface area contributed by atoms with Crippen LogP contribution in [-0.4, -0.2) is 37.8 Å². The zero-order valence-corrected chi connectivity index (χ0v) is 11.3. The van der Waals surface area contributed by atoms with Gasteiger partial charge in [0.15, 0.2) is 5.75 Å². The molecule has 0 aliphatic heterocycles. The number of nitrogens with zero attached hydrogens (tertiary/aromatic N) is 1. The largest absolute Gasteiger partial charge is 0.573 e. The van der Waals surface area contributed by atoms with Crippen molar-refractivity contribution in [2.24, 2.45) is 0 Å². The van der Waals surface area contributed by atoms with Gasteiger partial charge in [-0.1, -0.05) is 12.1 Å². The van der Waals surface area contributed by atoms with E-state index in [0.717, 1.165) is 0 Å². The second-order valence-corrected chi connectivity index (χ2v) is 4.36. The van der Waals surface area contributed by atoms with Crippen LogP contribution in [-0.2, 0) is 4.79 Å². The number of carbonyl (C=O) groups excluding carboxylic acids is 1. The molecule has 0 saturated heterocycles. The first-order valence-corrected chi connectivity index (χ1v) is 6.08. The van der Waals surface area contributed by atoms with Crippen LogP contribution in [0.1, 0.15) is 12.8 Å². The number of carbonyl (C=O) groups is 1. The fourth-order valence-electron chi connectivity index (χ4n) is 1.51. The maximum absolute atomic E-state index is 12.2. The molecular weight excluding hydrogens is 273 g/mol. The molecule has 0 bridgehead atoms. The fraction of sp³-hybridized carbons (Fsp3) is 0.462. The normalized spacial score (nSPS) is 11.1. The van der Waals surface area contributed by atoms with E-state index in [1.165, 1.54) is 23.1 Å². The Morgan fingerprint density at radius 3 is 2.55 bits per heavy atom. The summed E-state index contributed by atoms with van der Waals surface area (Å²) < 4.78 is 40.5. The number of rotatable bonds is 6. The third-order valence-corrected chi connectivity index (χ3v) is 2.49. The highest BCUT2D eigenvalue weighted by Gasteiger charge is 2.31. The number of anilines is 1. The fourth-order valence-corrected chi connectivity index (χ4v) is 1.51. The summed E-state index contributed by atoms with van der Waals surface area (Å²) in [6.45, 7) is 0.387. The third kappa shape index (κ3) is 5.81. The second-order valence-electron chi connectivity index (χ2n) is 4.36. The minimum absolute atomic E-state index is 0.0216. The maximum atomic E-state index is 12.2. The molecule has 0 aliphatic rings. The zero-order chi connectivity index (χ0) is 15.2. The number of hydrogen-bond acceptors (Lipinski definition) is 3. The lowest BCUT2D eigenvalue weighted by atomic mass is 10.2. The predicted octanol–water partition coefficient (Wildman–Crippen LogP) is 2.87. The molecule has 0 aromatic heterocycles. The lowest BCUT2D eigenvalue weighted by molar-refractivity contribution is -0.274. The molecule has 1 N–H and O–H groups in total. The molecule has 0 atom stereocenters. The minimum Gasteiger partial charge on any atom is -0.404 e. The SMILES string of the molecule is CN(C)C(=O)CCCNc1ccccc1OC(F)(F)F. The van der Waals surface area contributed by atoms with Gasteiger partial charge in [-0.25, -0.2) is 0 Å². The average molecular weight is 290 g/mol. The van der Waals surface area contributed by atoms with Gasteiger partial charge in [-0.2, -0.15) is 0 Å². The molecule has 4 nitrogen and oxygen atoms in total. The van der Waals surface area contributed by atoms with Crippen molar-refractivity contribution in [3.63, 3.8) is 0 Å². The molecular formula is C13H17F3N2O2. The number of amides is 1. The van der Waals surface area contributed by atoms with Crippen molar-refractivity contribution in [1.29, 1.82) is 0 Å². The third-order valence-electron chi connectivity index (χ3n) is 2.49. The van der Waals surface area contributed by atoms with Crippen molar-refractivity contribution < 1.29 is 22.7 Å². The Balaban J connectivity index is 2.50. The average Bonchev–Trinajstić information content (AvgIpc) is 2.34. The van der Waals surface area contributed by atoms with E-state index < -0.39 is 6.36 Å².